The summed E-state index contributed by atoms with van der Waals surface area (Å²) in [5.41, 5.74) is 4.57. The van der Waals surface area contributed by atoms with E-state index in [9.17, 15) is 4.79 Å². The quantitative estimate of drug-likeness (QED) is 0.396. The van der Waals surface area contributed by atoms with E-state index in [0.717, 1.165) is 39.1 Å². The first-order valence-electron chi connectivity index (χ1n) is 11.0. The van der Waals surface area contributed by atoms with Crippen LogP contribution in [0.4, 0.5) is 0 Å². The smallest absolute Gasteiger partial charge is 0.253 e. The number of pyridine rings is 1. The molecule has 2 aromatic carbocycles. The van der Waals surface area contributed by atoms with Crippen LogP contribution in [0.3, 0.4) is 0 Å². The van der Waals surface area contributed by atoms with E-state index in [1.165, 1.54) is 0 Å². The Hall–Kier alpha value is -3.78. The van der Waals surface area contributed by atoms with Crippen LogP contribution in [0.2, 0.25) is 0 Å². The molecule has 0 saturated heterocycles. The van der Waals surface area contributed by atoms with Crippen molar-refractivity contribution < 1.29 is 13.9 Å². The Bertz CT molecular complexity index is 1410. The van der Waals surface area contributed by atoms with Crippen molar-refractivity contribution in [2.24, 2.45) is 0 Å². The van der Waals surface area contributed by atoms with E-state index < -0.39 is 0 Å². The Morgan fingerprint density at radius 2 is 1.94 bits per heavy atom. The third-order valence-electron chi connectivity index (χ3n) is 5.82. The molecule has 174 valence electrons. The standard InChI is InChI=1S/C26H25N3O4S/c1-16-8-17(2)24-19(9-16)11-20(25(30)28-24)14-29(26(34)27-12-21-4-3-7-31-21)13-18-5-6-22-23(10-18)33-15-32-22/h3-11H,12-15H2,1-2H3,(H,27,34)(H,28,30). The zero-order valence-corrected chi connectivity index (χ0v) is 19.8. The van der Waals surface area contributed by atoms with Gasteiger partial charge in [-0.25, -0.2) is 0 Å². The summed E-state index contributed by atoms with van der Waals surface area (Å²) in [6.45, 7) is 5.57. The van der Waals surface area contributed by atoms with Gasteiger partial charge in [0, 0.05) is 12.1 Å². The van der Waals surface area contributed by atoms with Gasteiger partial charge in [0.25, 0.3) is 5.56 Å². The molecule has 34 heavy (non-hydrogen) atoms. The van der Waals surface area contributed by atoms with Crippen molar-refractivity contribution in [3.8, 4) is 11.5 Å². The lowest BCUT2D eigenvalue weighted by atomic mass is 10.0. The molecule has 0 unspecified atom stereocenters. The summed E-state index contributed by atoms with van der Waals surface area (Å²) in [6.07, 6.45) is 1.63. The first-order chi connectivity index (χ1) is 16.5. The fourth-order valence-corrected chi connectivity index (χ4v) is 4.40. The summed E-state index contributed by atoms with van der Waals surface area (Å²) in [5, 5.41) is 4.77. The van der Waals surface area contributed by atoms with Gasteiger partial charge in [-0.3, -0.25) is 4.79 Å². The van der Waals surface area contributed by atoms with E-state index >= 15 is 0 Å². The lowest BCUT2D eigenvalue weighted by Crippen LogP contribution is -2.39. The van der Waals surface area contributed by atoms with E-state index in [4.69, 9.17) is 26.1 Å². The molecule has 8 heteroatoms. The number of ether oxygens (including phenoxy) is 2. The highest BCUT2D eigenvalue weighted by atomic mass is 32.1. The van der Waals surface area contributed by atoms with E-state index in [1.807, 2.05) is 48.2 Å². The molecule has 1 aliphatic heterocycles. The Labute approximate surface area is 202 Å². The van der Waals surface area contributed by atoms with Crippen molar-refractivity contribution in [2.45, 2.75) is 33.5 Å². The number of hydrogen-bond donors (Lipinski definition) is 2. The molecule has 2 aromatic heterocycles. The predicted molar refractivity (Wildman–Crippen MR) is 134 cm³/mol. The van der Waals surface area contributed by atoms with E-state index in [2.05, 4.69) is 29.4 Å². The lowest BCUT2D eigenvalue weighted by Gasteiger charge is -2.26. The van der Waals surface area contributed by atoms with Crippen LogP contribution in [0.5, 0.6) is 11.5 Å². The van der Waals surface area contributed by atoms with Gasteiger partial charge < -0.3 is 29.1 Å². The summed E-state index contributed by atoms with van der Waals surface area (Å²) in [4.78, 5) is 18.0. The Kier molecular flexibility index (Phi) is 5.98. The molecule has 0 bridgehead atoms. The van der Waals surface area contributed by atoms with Crippen LogP contribution in [0.15, 0.2) is 64.0 Å². The minimum absolute atomic E-state index is 0.121. The van der Waals surface area contributed by atoms with Crippen LogP contribution >= 0.6 is 12.2 Å². The van der Waals surface area contributed by atoms with Gasteiger partial charge in [0.05, 0.1) is 24.9 Å². The highest BCUT2D eigenvalue weighted by molar-refractivity contribution is 7.80. The van der Waals surface area contributed by atoms with Gasteiger partial charge in [-0.05, 0) is 79.0 Å². The van der Waals surface area contributed by atoms with Crippen LogP contribution in [0.25, 0.3) is 10.9 Å². The molecule has 5 rings (SSSR count). The summed E-state index contributed by atoms with van der Waals surface area (Å²) >= 11 is 5.73. The minimum Gasteiger partial charge on any atom is -0.467 e. The third kappa shape index (κ3) is 4.63. The second-order valence-electron chi connectivity index (χ2n) is 8.45. The highest BCUT2D eigenvalue weighted by Crippen LogP contribution is 2.33. The number of H-pyrrole nitrogens is 1. The predicted octanol–water partition coefficient (Wildman–Crippen LogP) is 4.54. The van der Waals surface area contributed by atoms with Gasteiger partial charge >= 0.3 is 0 Å². The summed E-state index contributed by atoms with van der Waals surface area (Å²) in [6, 6.07) is 15.6. The van der Waals surface area contributed by atoms with Crippen molar-refractivity contribution in [3.05, 3.63) is 93.2 Å². The maximum absolute atomic E-state index is 13.0. The molecular formula is C26H25N3O4S. The molecule has 4 aromatic rings. The summed E-state index contributed by atoms with van der Waals surface area (Å²) in [5.74, 6) is 2.21. The van der Waals surface area contributed by atoms with Crippen molar-refractivity contribution >= 4 is 28.2 Å². The Balaban J connectivity index is 1.44. The Morgan fingerprint density at radius 1 is 1.09 bits per heavy atom. The molecule has 0 radical (unpaired) electrons. The van der Waals surface area contributed by atoms with Crippen molar-refractivity contribution in [3.63, 3.8) is 0 Å². The van der Waals surface area contributed by atoms with E-state index in [1.54, 1.807) is 6.26 Å². The zero-order chi connectivity index (χ0) is 23.7. The normalized spacial score (nSPS) is 12.2. The van der Waals surface area contributed by atoms with Gasteiger partial charge in [0.1, 0.15) is 5.76 Å². The number of nitrogens with zero attached hydrogens (tertiary/aromatic N) is 1. The topological polar surface area (TPSA) is 79.7 Å². The largest absolute Gasteiger partial charge is 0.467 e. The fourth-order valence-electron chi connectivity index (χ4n) is 4.20. The molecule has 0 aliphatic carbocycles. The highest BCUT2D eigenvalue weighted by Gasteiger charge is 2.18. The summed E-state index contributed by atoms with van der Waals surface area (Å²) < 4.78 is 16.4. The van der Waals surface area contributed by atoms with Gasteiger partial charge in [0.15, 0.2) is 16.6 Å². The molecule has 1 aliphatic rings. The van der Waals surface area contributed by atoms with Crippen LogP contribution in [-0.2, 0) is 19.6 Å². The number of aryl methyl sites for hydroxylation is 2. The van der Waals surface area contributed by atoms with Crippen LogP contribution in [-0.4, -0.2) is 21.8 Å². The first kappa shape index (κ1) is 22.0. The minimum atomic E-state index is -0.121. The number of benzene rings is 2. The van der Waals surface area contributed by atoms with E-state index in [0.29, 0.717) is 36.1 Å². The second kappa shape index (κ2) is 9.23. The molecule has 0 amide bonds. The monoisotopic (exact) mass is 475 g/mol. The average molecular weight is 476 g/mol. The molecule has 0 fully saturated rings. The number of fused-ring (bicyclic) bond motifs is 2. The van der Waals surface area contributed by atoms with Crippen LogP contribution in [0, 0.1) is 13.8 Å². The lowest BCUT2D eigenvalue weighted by molar-refractivity contribution is 0.174. The first-order valence-corrected chi connectivity index (χ1v) is 11.4. The maximum Gasteiger partial charge on any atom is 0.253 e. The van der Waals surface area contributed by atoms with Gasteiger partial charge in [0.2, 0.25) is 6.79 Å². The molecule has 7 nitrogen and oxygen atoms in total. The van der Waals surface area contributed by atoms with Crippen LogP contribution < -0.4 is 20.3 Å². The molecule has 0 spiro atoms. The number of aromatic nitrogens is 1. The average Bonchev–Trinajstić information content (AvgIpc) is 3.49. The summed E-state index contributed by atoms with van der Waals surface area (Å²) in [7, 11) is 0. The van der Waals surface area contributed by atoms with Gasteiger partial charge in [-0.2, -0.15) is 0 Å². The molecular weight excluding hydrogens is 450 g/mol. The van der Waals surface area contributed by atoms with Crippen molar-refractivity contribution in [1.82, 2.24) is 15.2 Å². The maximum atomic E-state index is 13.0. The number of furan rings is 1. The molecule has 0 saturated carbocycles. The molecule has 2 N–H and O–H groups in total. The van der Waals surface area contributed by atoms with Crippen molar-refractivity contribution in [2.75, 3.05) is 6.79 Å². The zero-order valence-electron chi connectivity index (χ0n) is 19.0. The fraction of sp³-hybridized carbons (Fsp3) is 0.231. The molecule has 0 atom stereocenters. The van der Waals surface area contributed by atoms with Gasteiger partial charge in [-0.1, -0.05) is 17.7 Å². The number of thiocarbonyl (C=S) groups is 1. The number of nitrogens with one attached hydrogen (secondary N) is 2. The Morgan fingerprint density at radius 3 is 2.76 bits per heavy atom. The van der Waals surface area contributed by atoms with Crippen LogP contribution in [0.1, 0.15) is 28.0 Å². The number of aromatic amines is 1. The second-order valence-corrected chi connectivity index (χ2v) is 8.84. The van der Waals surface area contributed by atoms with Crippen molar-refractivity contribution in [1.29, 1.82) is 0 Å². The van der Waals surface area contributed by atoms with Gasteiger partial charge in [-0.15, -0.1) is 0 Å². The third-order valence-corrected chi connectivity index (χ3v) is 6.23. The number of hydrogen-bond acceptors (Lipinski definition) is 5. The molecule has 3 heterocycles. The SMILES string of the molecule is Cc1cc(C)c2[nH]c(=O)c(CN(Cc3ccc4c(c3)OCO4)C(=S)NCc3ccco3)cc2c1. The number of rotatable bonds is 6. The van der Waals surface area contributed by atoms with E-state index in [-0.39, 0.29) is 12.4 Å².